The first kappa shape index (κ1) is 17.2. The zero-order valence-electron chi connectivity index (χ0n) is 12.9. The maximum Gasteiger partial charge on any atom is 0.324 e. The van der Waals surface area contributed by atoms with Gasteiger partial charge in [0.2, 0.25) is 10.0 Å². The molecule has 0 aliphatic carbocycles. The summed E-state index contributed by atoms with van der Waals surface area (Å²) < 4.78 is 32.4. The van der Waals surface area contributed by atoms with Crippen molar-refractivity contribution in [3.8, 4) is 5.75 Å². The van der Waals surface area contributed by atoms with Crippen molar-refractivity contribution in [3.63, 3.8) is 0 Å². The lowest BCUT2D eigenvalue weighted by Gasteiger charge is -2.26. The highest BCUT2D eigenvalue weighted by Crippen LogP contribution is 2.32. The standard InChI is InChI=1S/C14H18N2O6S/c1-4-14(3,13(18)19)16-23(20,21)9-5-6-11-10(7-9)15-12(17)8(2)22-11/h5-8,16H,4H2,1-3H3,(H,15,17)(H,18,19). The van der Waals surface area contributed by atoms with E-state index in [9.17, 15) is 23.1 Å². The number of ether oxygens (including phenoxy) is 1. The molecule has 1 amide bonds. The number of carboxylic acid groups (broad SMARTS) is 1. The average molecular weight is 342 g/mol. The molecular weight excluding hydrogens is 324 g/mol. The Kier molecular flexibility index (Phi) is 4.36. The number of sulfonamides is 1. The first-order chi connectivity index (χ1) is 10.6. The van der Waals surface area contributed by atoms with Crippen LogP contribution < -0.4 is 14.8 Å². The molecule has 3 N–H and O–H groups in total. The summed E-state index contributed by atoms with van der Waals surface area (Å²) in [7, 11) is -4.08. The summed E-state index contributed by atoms with van der Waals surface area (Å²) in [5.74, 6) is -1.30. The number of fused-ring (bicyclic) bond motifs is 1. The fourth-order valence-corrected chi connectivity index (χ4v) is 3.44. The highest BCUT2D eigenvalue weighted by atomic mass is 32.2. The number of aliphatic carboxylic acids is 1. The van der Waals surface area contributed by atoms with E-state index in [0.717, 1.165) is 0 Å². The smallest absolute Gasteiger partial charge is 0.324 e. The van der Waals surface area contributed by atoms with Gasteiger partial charge in [0.15, 0.2) is 6.10 Å². The monoisotopic (exact) mass is 342 g/mol. The highest BCUT2D eigenvalue weighted by molar-refractivity contribution is 7.89. The molecule has 1 aromatic rings. The predicted octanol–water partition coefficient (Wildman–Crippen LogP) is 0.938. The van der Waals surface area contributed by atoms with E-state index < -0.39 is 27.6 Å². The van der Waals surface area contributed by atoms with Crippen molar-refractivity contribution in [2.24, 2.45) is 0 Å². The van der Waals surface area contributed by atoms with Gasteiger partial charge in [-0.1, -0.05) is 6.92 Å². The number of amides is 1. The van der Waals surface area contributed by atoms with E-state index in [1.807, 2.05) is 0 Å². The van der Waals surface area contributed by atoms with Gasteiger partial charge < -0.3 is 15.2 Å². The molecule has 0 fully saturated rings. The Morgan fingerprint density at radius 2 is 2.13 bits per heavy atom. The molecule has 1 heterocycles. The molecule has 0 radical (unpaired) electrons. The number of carboxylic acids is 1. The quantitative estimate of drug-likeness (QED) is 0.732. The maximum atomic E-state index is 12.4. The molecule has 0 bridgehead atoms. The van der Waals surface area contributed by atoms with E-state index in [0.29, 0.717) is 5.75 Å². The lowest BCUT2D eigenvalue weighted by molar-refractivity contribution is -0.143. The summed E-state index contributed by atoms with van der Waals surface area (Å²) in [6, 6.07) is 3.95. The summed E-state index contributed by atoms with van der Waals surface area (Å²) in [4.78, 5) is 22.7. The van der Waals surface area contributed by atoms with Gasteiger partial charge in [0.1, 0.15) is 11.3 Å². The van der Waals surface area contributed by atoms with Gasteiger partial charge in [-0.15, -0.1) is 0 Å². The van der Waals surface area contributed by atoms with Crippen LogP contribution in [0.15, 0.2) is 23.1 Å². The average Bonchev–Trinajstić information content (AvgIpc) is 2.47. The van der Waals surface area contributed by atoms with Crippen molar-refractivity contribution in [1.82, 2.24) is 4.72 Å². The van der Waals surface area contributed by atoms with Crippen LogP contribution in [0.5, 0.6) is 5.75 Å². The molecule has 0 saturated carbocycles. The van der Waals surface area contributed by atoms with E-state index in [4.69, 9.17) is 4.74 Å². The minimum atomic E-state index is -4.08. The third kappa shape index (κ3) is 3.30. The molecule has 126 valence electrons. The number of hydrogen-bond acceptors (Lipinski definition) is 5. The summed E-state index contributed by atoms with van der Waals surface area (Å²) in [6.45, 7) is 4.43. The van der Waals surface area contributed by atoms with Crippen LogP contribution >= 0.6 is 0 Å². The molecule has 8 nitrogen and oxygen atoms in total. The summed E-state index contributed by atoms with van der Waals surface area (Å²) in [5, 5.41) is 11.7. The Labute approximate surface area is 133 Å². The van der Waals surface area contributed by atoms with Gasteiger partial charge in [-0.3, -0.25) is 9.59 Å². The number of carbonyl (C=O) groups is 2. The van der Waals surface area contributed by atoms with E-state index in [1.54, 1.807) is 13.8 Å². The second-order valence-electron chi connectivity index (χ2n) is 5.50. The Morgan fingerprint density at radius 1 is 1.48 bits per heavy atom. The molecule has 2 unspecified atom stereocenters. The predicted molar refractivity (Wildman–Crippen MR) is 81.8 cm³/mol. The number of benzene rings is 1. The van der Waals surface area contributed by atoms with Crippen molar-refractivity contribution in [3.05, 3.63) is 18.2 Å². The fraction of sp³-hybridized carbons (Fsp3) is 0.429. The number of carbonyl (C=O) groups excluding carboxylic acids is 1. The van der Waals surface area contributed by atoms with Gasteiger partial charge in [0.05, 0.1) is 10.6 Å². The van der Waals surface area contributed by atoms with Crippen LogP contribution in [0.1, 0.15) is 27.2 Å². The molecule has 0 aromatic heterocycles. The number of hydrogen-bond donors (Lipinski definition) is 3. The van der Waals surface area contributed by atoms with Gasteiger partial charge >= 0.3 is 5.97 Å². The zero-order chi connectivity index (χ0) is 17.4. The van der Waals surface area contributed by atoms with Crippen LogP contribution in [0.25, 0.3) is 0 Å². The topological polar surface area (TPSA) is 122 Å². The second kappa shape index (κ2) is 5.82. The van der Waals surface area contributed by atoms with E-state index in [1.165, 1.54) is 25.1 Å². The van der Waals surface area contributed by atoms with Crippen molar-refractivity contribution >= 4 is 27.6 Å². The zero-order valence-corrected chi connectivity index (χ0v) is 13.7. The van der Waals surface area contributed by atoms with E-state index in [2.05, 4.69) is 10.0 Å². The van der Waals surface area contributed by atoms with Crippen LogP contribution in [0.4, 0.5) is 5.69 Å². The van der Waals surface area contributed by atoms with Crippen molar-refractivity contribution < 1.29 is 27.9 Å². The van der Waals surface area contributed by atoms with E-state index in [-0.39, 0.29) is 22.9 Å². The largest absolute Gasteiger partial charge is 0.480 e. The lowest BCUT2D eigenvalue weighted by atomic mass is 10.0. The normalized spacial score (nSPS) is 20.0. The van der Waals surface area contributed by atoms with Crippen LogP contribution in [-0.4, -0.2) is 37.0 Å². The Bertz CT molecular complexity index is 761. The van der Waals surface area contributed by atoms with Crippen LogP contribution in [0.2, 0.25) is 0 Å². The molecule has 1 aromatic carbocycles. The highest BCUT2D eigenvalue weighted by Gasteiger charge is 2.36. The molecule has 2 atom stereocenters. The van der Waals surface area contributed by atoms with E-state index >= 15 is 0 Å². The van der Waals surface area contributed by atoms with Crippen molar-refractivity contribution in [1.29, 1.82) is 0 Å². The summed E-state index contributed by atoms with van der Waals surface area (Å²) in [6.07, 6.45) is -0.595. The minimum absolute atomic E-state index is 0.0733. The third-order valence-electron chi connectivity index (χ3n) is 3.73. The van der Waals surface area contributed by atoms with Crippen LogP contribution in [0, 0.1) is 0 Å². The minimum Gasteiger partial charge on any atom is -0.480 e. The molecule has 0 saturated heterocycles. The van der Waals surface area contributed by atoms with Gasteiger partial charge in [-0.05, 0) is 38.5 Å². The molecular formula is C14H18N2O6S. The molecule has 2 rings (SSSR count). The lowest BCUT2D eigenvalue weighted by Crippen LogP contribution is -2.51. The van der Waals surface area contributed by atoms with Crippen molar-refractivity contribution in [2.45, 2.75) is 43.7 Å². The number of rotatable bonds is 5. The first-order valence-electron chi connectivity index (χ1n) is 6.98. The first-order valence-corrected chi connectivity index (χ1v) is 8.46. The SMILES string of the molecule is CCC(C)(NS(=O)(=O)c1ccc2c(c1)NC(=O)C(C)O2)C(=O)O. The van der Waals surface area contributed by atoms with Crippen molar-refractivity contribution in [2.75, 3.05) is 5.32 Å². The fourth-order valence-electron chi connectivity index (χ4n) is 1.98. The Balaban J connectivity index is 2.37. The van der Waals surface area contributed by atoms with Gasteiger partial charge in [-0.2, -0.15) is 4.72 Å². The van der Waals surface area contributed by atoms with Crippen LogP contribution in [0.3, 0.4) is 0 Å². The Hall–Kier alpha value is -2.13. The number of anilines is 1. The maximum absolute atomic E-state index is 12.4. The van der Waals surface area contributed by atoms with Crippen LogP contribution in [-0.2, 0) is 19.6 Å². The Morgan fingerprint density at radius 3 is 2.70 bits per heavy atom. The molecule has 0 spiro atoms. The molecule has 1 aliphatic heterocycles. The molecule has 23 heavy (non-hydrogen) atoms. The summed E-state index contributed by atoms with van der Waals surface area (Å²) in [5.41, 5.74) is -1.40. The van der Waals surface area contributed by atoms with Gasteiger partial charge in [0, 0.05) is 0 Å². The summed E-state index contributed by atoms with van der Waals surface area (Å²) >= 11 is 0. The van der Waals surface area contributed by atoms with Gasteiger partial charge in [0.25, 0.3) is 5.91 Å². The second-order valence-corrected chi connectivity index (χ2v) is 7.19. The molecule has 9 heteroatoms. The number of nitrogens with one attached hydrogen (secondary N) is 2. The van der Waals surface area contributed by atoms with Gasteiger partial charge in [-0.25, -0.2) is 8.42 Å². The third-order valence-corrected chi connectivity index (χ3v) is 5.32. The molecule has 1 aliphatic rings.